The molecule has 20 heavy (non-hydrogen) atoms. The third-order valence-corrected chi connectivity index (χ3v) is 5.07. The van der Waals surface area contributed by atoms with E-state index in [9.17, 15) is 4.79 Å². The van der Waals surface area contributed by atoms with Gasteiger partial charge in [0.1, 0.15) is 0 Å². The Bertz CT molecular complexity index is 321. The lowest BCUT2D eigenvalue weighted by Crippen LogP contribution is -2.49. The van der Waals surface area contributed by atoms with Crippen LogP contribution in [0.2, 0.25) is 0 Å². The molecule has 1 N–H and O–H groups in total. The van der Waals surface area contributed by atoms with E-state index in [1.807, 2.05) is 7.05 Å². The first-order valence-electron chi connectivity index (χ1n) is 8.34. The summed E-state index contributed by atoms with van der Waals surface area (Å²) in [6.07, 6.45) is 4.86. The second-order valence-electron chi connectivity index (χ2n) is 6.57. The maximum absolute atomic E-state index is 12.7. The zero-order valence-corrected chi connectivity index (χ0v) is 13.4. The fourth-order valence-corrected chi connectivity index (χ4v) is 3.81. The van der Waals surface area contributed by atoms with E-state index in [1.54, 1.807) is 0 Å². The Labute approximate surface area is 123 Å². The van der Waals surface area contributed by atoms with Gasteiger partial charge in [0.25, 0.3) is 0 Å². The topological polar surface area (TPSA) is 35.6 Å². The van der Waals surface area contributed by atoms with Gasteiger partial charge in [-0.25, -0.2) is 0 Å². The van der Waals surface area contributed by atoms with E-state index < -0.39 is 0 Å². The molecule has 2 saturated heterocycles. The molecule has 2 aliphatic heterocycles. The van der Waals surface area contributed by atoms with E-state index in [-0.39, 0.29) is 6.04 Å². The summed E-state index contributed by atoms with van der Waals surface area (Å²) in [4.78, 5) is 17.3. The van der Waals surface area contributed by atoms with Gasteiger partial charge >= 0.3 is 0 Å². The molecule has 2 rings (SSSR count). The van der Waals surface area contributed by atoms with Gasteiger partial charge in [-0.2, -0.15) is 0 Å². The SMILES string of the molecule is CCN1CCCC(CN2CCCC(C)C(NC)C2=O)C1. The van der Waals surface area contributed by atoms with Crippen molar-refractivity contribution in [3.8, 4) is 0 Å². The van der Waals surface area contributed by atoms with Gasteiger partial charge in [-0.05, 0) is 57.7 Å². The molecule has 1 amide bonds. The summed E-state index contributed by atoms with van der Waals surface area (Å²) < 4.78 is 0. The number of piperidine rings is 1. The Morgan fingerprint density at radius 1 is 1.25 bits per heavy atom. The number of hydrogen-bond donors (Lipinski definition) is 1. The highest BCUT2D eigenvalue weighted by atomic mass is 16.2. The van der Waals surface area contributed by atoms with Crippen LogP contribution in [-0.4, -0.2) is 61.5 Å². The first kappa shape index (κ1) is 15.8. The highest BCUT2D eigenvalue weighted by Crippen LogP contribution is 2.22. The predicted molar refractivity (Wildman–Crippen MR) is 82.7 cm³/mol. The summed E-state index contributed by atoms with van der Waals surface area (Å²) in [5.41, 5.74) is 0. The summed E-state index contributed by atoms with van der Waals surface area (Å²) in [6.45, 7) is 9.88. The molecule has 116 valence electrons. The number of likely N-dealkylation sites (N-methyl/N-ethyl adjacent to an activating group) is 1. The molecule has 0 aromatic carbocycles. The van der Waals surface area contributed by atoms with Crippen LogP contribution in [0.15, 0.2) is 0 Å². The zero-order chi connectivity index (χ0) is 14.5. The van der Waals surface area contributed by atoms with Crippen molar-refractivity contribution in [2.45, 2.75) is 45.6 Å². The largest absolute Gasteiger partial charge is 0.341 e. The Kier molecular flexibility index (Phi) is 5.85. The van der Waals surface area contributed by atoms with Crippen molar-refractivity contribution >= 4 is 5.91 Å². The third-order valence-electron chi connectivity index (χ3n) is 5.07. The summed E-state index contributed by atoms with van der Waals surface area (Å²) >= 11 is 0. The molecule has 0 radical (unpaired) electrons. The van der Waals surface area contributed by atoms with Crippen LogP contribution in [0.25, 0.3) is 0 Å². The minimum absolute atomic E-state index is 0.0170. The number of carbonyl (C=O) groups excluding carboxylic acids is 1. The molecular formula is C16H31N3O. The molecule has 2 aliphatic rings. The van der Waals surface area contributed by atoms with Crippen molar-refractivity contribution in [2.75, 3.05) is 39.8 Å². The number of nitrogens with zero attached hydrogens (tertiary/aromatic N) is 2. The lowest BCUT2D eigenvalue weighted by atomic mass is 9.96. The van der Waals surface area contributed by atoms with Crippen LogP contribution in [0.3, 0.4) is 0 Å². The van der Waals surface area contributed by atoms with E-state index in [1.165, 1.54) is 25.9 Å². The second kappa shape index (κ2) is 7.41. The van der Waals surface area contributed by atoms with Crippen molar-refractivity contribution in [3.63, 3.8) is 0 Å². The van der Waals surface area contributed by atoms with Crippen molar-refractivity contribution in [2.24, 2.45) is 11.8 Å². The minimum Gasteiger partial charge on any atom is -0.341 e. The van der Waals surface area contributed by atoms with Crippen LogP contribution in [-0.2, 0) is 4.79 Å². The molecule has 2 fully saturated rings. The number of nitrogens with one attached hydrogen (secondary N) is 1. The standard InChI is InChI=1S/C16H31N3O/c1-4-18-9-6-8-14(11-18)12-19-10-5-7-13(2)15(17-3)16(19)20/h13-15,17H,4-12H2,1-3H3. The molecule has 0 aromatic heterocycles. The van der Waals surface area contributed by atoms with E-state index in [0.29, 0.717) is 17.7 Å². The molecule has 3 atom stereocenters. The maximum Gasteiger partial charge on any atom is 0.239 e. The first-order valence-corrected chi connectivity index (χ1v) is 8.34. The minimum atomic E-state index is 0.0170. The lowest BCUT2D eigenvalue weighted by Gasteiger charge is -2.35. The van der Waals surface area contributed by atoms with Crippen LogP contribution in [0.5, 0.6) is 0 Å². The first-order chi connectivity index (χ1) is 9.65. The van der Waals surface area contributed by atoms with E-state index in [0.717, 1.165) is 32.5 Å². The van der Waals surface area contributed by atoms with Gasteiger partial charge in [-0.1, -0.05) is 13.8 Å². The monoisotopic (exact) mass is 281 g/mol. The quantitative estimate of drug-likeness (QED) is 0.849. The van der Waals surface area contributed by atoms with Gasteiger partial charge in [0.05, 0.1) is 6.04 Å². The number of hydrogen-bond acceptors (Lipinski definition) is 3. The Morgan fingerprint density at radius 3 is 2.70 bits per heavy atom. The number of likely N-dealkylation sites (tertiary alicyclic amines) is 2. The van der Waals surface area contributed by atoms with E-state index >= 15 is 0 Å². The van der Waals surface area contributed by atoms with Crippen LogP contribution < -0.4 is 5.32 Å². The molecule has 0 saturated carbocycles. The fourth-order valence-electron chi connectivity index (χ4n) is 3.81. The average molecular weight is 281 g/mol. The van der Waals surface area contributed by atoms with E-state index in [4.69, 9.17) is 0 Å². The van der Waals surface area contributed by atoms with Gasteiger partial charge in [0.2, 0.25) is 5.91 Å². The average Bonchev–Trinajstić information content (AvgIpc) is 2.59. The summed E-state index contributed by atoms with van der Waals surface area (Å²) in [6, 6.07) is 0.0170. The molecular weight excluding hydrogens is 250 g/mol. The third kappa shape index (κ3) is 3.73. The zero-order valence-electron chi connectivity index (χ0n) is 13.4. The summed E-state index contributed by atoms with van der Waals surface area (Å²) in [5, 5.41) is 3.23. The normalized spacial score (nSPS) is 33.2. The van der Waals surface area contributed by atoms with E-state index in [2.05, 4.69) is 29.0 Å². The lowest BCUT2D eigenvalue weighted by molar-refractivity contribution is -0.134. The molecule has 0 aliphatic carbocycles. The molecule has 2 heterocycles. The highest BCUT2D eigenvalue weighted by molar-refractivity contribution is 5.82. The molecule has 3 unspecified atom stereocenters. The maximum atomic E-state index is 12.7. The van der Waals surface area contributed by atoms with Gasteiger partial charge < -0.3 is 15.1 Å². The fraction of sp³-hybridized carbons (Fsp3) is 0.938. The molecule has 0 aromatic rings. The van der Waals surface area contributed by atoms with Crippen LogP contribution in [0.1, 0.15) is 39.5 Å². The van der Waals surface area contributed by atoms with Gasteiger partial charge in [-0.15, -0.1) is 0 Å². The highest BCUT2D eigenvalue weighted by Gasteiger charge is 2.32. The molecule has 4 nitrogen and oxygen atoms in total. The van der Waals surface area contributed by atoms with Crippen molar-refractivity contribution < 1.29 is 4.79 Å². The summed E-state index contributed by atoms with van der Waals surface area (Å²) in [5.74, 6) is 1.45. The number of carbonyl (C=O) groups is 1. The van der Waals surface area contributed by atoms with Gasteiger partial charge in [-0.3, -0.25) is 4.79 Å². The van der Waals surface area contributed by atoms with Crippen molar-refractivity contribution in [3.05, 3.63) is 0 Å². The molecule has 0 spiro atoms. The van der Waals surface area contributed by atoms with Crippen molar-refractivity contribution in [1.82, 2.24) is 15.1 Å². The number of amides is 1. The second-order valence-corrected chi connectivity index (χ2v) is 6.57. The smallest absolute Gasteiger partial charge is 0.239 e. The predicted octanol–water partition coefficient (Wildman–Crippen LogP) is 1.56. The van der Waals surface area contributed by atoms with Gasteiger partial charge in [0, 0.05) is 19.6 Å². The molecule has 0 bridgehead atoms. The van der Waals surface area contributed by atoms with Crippen LogP contribution in [0, 0.1) is 11.8 Å². The van der Waals surface area contributed by atoms with Crippen LogP contribution in [0.4, 0.5) is 0 Å². The Hall–Kier alpha value is -0.610. The number of rotatable bonds is 4. The van der Waals surface area contributed by atoms with Gasteiger partial charge in [0.15, 0.2) is 0 Å². The molecule has 4 heteroatoms. The Morgan fingerprint density at radius 2 is 2.00 bits per heavy atom. The Balaban J connectivity index is 1.95. The summed E-state index contributed by atoms with van der Waals surface area (Å²) in [7, 11) is 1.92. The van der Waals surface area contributed by atoms with Crippen molar-refractivity contribution in [1.29, 1.82) is 0 Å². The van der Waals surface area contributed by atoms with Crippen LogP contribution >= 0.6 is 0 Å².